The molecule has 0 unspecified atom stereocenters. The Kier molecular flexibility index (Phi) is 5.91. The van der Waals surface area contributed by atoms with E-state index in [0.717, 1.165) is 0 Å². The monoisotopic (exact) mass is 266 g/mol. The van der Waals surface area contributed by atoms with Gasteiger partial charge in [0, 0.05) is 18.5 Å². The number of primary amides is 1. The van der Waals surface area contributed by atoms with Crippen LogP contribution in [0.4, 0.5) is 0 Å². The topological polar surface area (TPSA) is 92.4 Å². The van der Waals surface area contributed by atoms with E-state index in [1.165, 1.54) is 11.3 Å². The van der Waals surface area contributed by atoms with Crippen molar-refractivity contribution in [2.75, 3.05) is 13.2 Å². The third-order valence-electron chi connectivity index (χ3n) is 2.06. The van der Waals surface area contributed by atoms with Crippen molar-refractivity contribution in [3.8, 4) is 11.8 Å². The Hall–Kier alpha value is -1.84. The zero-order valence-corrected chi connectivity index (χ0v) is 10.5. The van der Waals surface area contributed by atoms with E-state index in [2.05, 4.69) is 17.2 Å². The summed E-state index contributed by atoms with van der Waals surface area (Å²) < 4.78 is 0. The van der Waals surface area contributed by atoms with Crippen LogP contribution in [0.2, 0.25) is 0 Å². The van der Waals surface area contributed by atoms with Crippen molar-refractivity contribution in [3.05, 3.63) is 21.9 Å². The first-order valence-electron chi connectivity index (χ1n) is 5.39. The van der Waals surface area contributed by atoms with Gasteiger partial charge in [-0.05, 0) is 17.9 Å². The minimum absolute atomic E-state index is 0.225. The number of carbonyl (C=O) groups is 2. The van der Waals surface area contributed by atoms with Crippen molar-refractivity contribution in [2.45, 2.75) is 12.8 Å². The molecule has 1 rings (SSSR count). The van der Waals surface area contributed by atoms with Gasteiger partial charge in [0.05, 0.1) is 0 Å². The number of thiophene rings is 1. The summed E-state index contributed by atoms with van der Waals surface area (Å²) in [6, 6.07) is 1.73. The molecule has 0 saturated heterocycles. The van der Waals surface area contributed by atoms with Crippen molar-refractivity contribution < 1.29 is 14.7 Å². The van der Waals surface area contributed by atoms with Crippen molar-refractivity contribution >= 4 is 23.2 Å². The maximum atomic E-state index is 11.8. The summed E-state index contributed by atoms with van der Waals surface area (Å²) in [4.78, 5) is 22.8. The van der Waals surface area contributed by atoms with Crippen LogP contribution in [-0.4, -0.2) is 30.1 Å². The zero-order chi connectivity index (χ0) is 13.4. The van der Waals surface area contributed by atoms with E-state index >= 15 is 0 Å². The first-order chi connectivity index (χ1) is 8.65. The lowest BCUT2D eigenvalue weighted by molar-refractivity contribution is -0.118. The van der Waals surface area contributed by atoms with Crippen molar-refractivity contribution in [2.24, 2.45) is 5.73 Å². The fraction of sp³-hybridized carbons (Fsp3) is 0.333. The predicted molar refractivity (Wildman–Crippen MR) is 69.0 cm³/mol. The highest BCUT2D eigenvalue weighted by molar-refractivity contribution is 7.12. The van der Waals surface area contributed by atoms with Crippen molar-refractivity contribution in [1.82, 2.24) is 5.32 Å². The normalized spacial score (nSPS) is 9.39. The number of hydrogen-bond donors (Lipinski definition) is 3. The highest BCUT2D eigenvalue weighted by Gasteiger charge is 2.11. The Morgan fingerprint density at radius 3 is 2.94 bits per heavy atom. The summed E-state index contributed by atoms with van der Waals surface area (Å²) in [5.41, 5.74) is 5.59. The fourth-order valence-electron chi connectivity index (χ4n) is 1.26. The molecule has 5 nitrogen and oxygen atoms in total. The van der Waals surface area contributed by atoms with E-state index in [9.17, 15) is 9.59 Å². The van der Waals surface area contributed by atoms with Crippen LogP contribution in [0, 0.1) is 11.8 Å². The smallest absolute Gasteiger partial charge is 0.262 e. The maximum absolute atomic E-state index is 11.8. The van der Waals surface area contributed by atoms with Gasteiger partial charge < -0.3 is 16.2 Å². The minimum atomic E-state index is -0.380. The number of rotatable bonds is 5. The number of nitrogens with two attached hydrogens (primary N) is 1. The third-order valence-corrected chi connectivity index (χ3v) is 2.97. The fourth-order valence-corrected chi connectivity index (χ4v) is 2.03. The van der Waals surface area contributed by atoms with Crippen LogP contribution in [0.3, 0.4) is 0 Å². The average molecular weight is 266 g/mol. The highest BCUT2D eigenvalue weighted by Crippen LogP contribution is 2.15. The number of nitrogens with one attached hydrogen (secondary N) is 1. The van der Waals surface area contributed by atoms with Gasteiger partial charge in [0.25, 0.3) is 5.91 Å². The minimum Gasteiger partial charge on any atom is -0.384 e. The number of aliphatic hydroxyl groups is 1. The van der Waals surface area contributed by atoms with Gasteiger partial charge in [-0.2, -0.15) is 0 Å². The van der Waals surface area contributed by atoms with Gasteiger partial charge in [-0.25, -0.2) is 0 Å². The molecule has 6 heteroatoms. The Morgan fingerprint density at radius 1 is 1.50 bits per heavy atom. The van der Waals surface area contributed by atoms with Crippen LogP contribution in [0.5, 0.6) is 0 Å². The second-order valence-electron chi connectivity index (χ2n) is 3.45. The molecule has 0 aliphatic heterocycles. The summed E-state index contributed by atoms with van der Waals surface area (Å²) in [7, 11) is 0. The van der Waals surface area contributed by atoms with E-state index in [1.807, 2.05) is 0 Å². The summed E-state index contributed by atoms with van der Waals surface area (Å²) in [5.74, 6) is 4.60. The van der Waals surface area contributed by atoms with Crippen LogP contribution < -0.4 is 11.1 Å². The molecule has 4 N–H and O–H groups in total. The Bertz CT molecular complexity index is 485. The van der Waals surface area contributed by atoms with Crippen molar-refractivity contribution in [1.29, 1.82) is 0 Å². The Morgan fingerprint density at radius 2 is 2.28 bits per heavy atom. The molecule has 0 spiro atoms. The van der Waals surface area contributed by atoms with E-state index < -0.39 is 0 Å². The van der Waals surface area contributed by atoms with Gasteiger partial charge in [0.2, 0.25) is 5.91 Å². The second kappa shape index (κ2) is 7.48. The zero-order valence-electron chi connectivity index (χ0n) is 9.73. The Labute approximate surface area is 109 Å². The molecule has 0 radical (unpaired) electrons. The van der Waals surface area contributed by atoms with Gasteiger partial charge in [-0.15, -0.1) is 11.3 Å². The molecule has 1 heterocycles. The van der Waals surface area contributed by atoms with Crippen LogP contribution >= 0.6 is 11.3 Å². The summed E-state index contributed by atoms with van der Waals surface area (Å²) >= 11 is 1.28. The predicted octanol–water partition coefficient (Wildman–Crippen LogP) is 0.0872. The molecule has 0 bridgehead atoms. The molecule has 96 valence electrons. The number of amides is 2. The maximum Gasteiger partial charge on any atom is 0.262 e. The standard InChI is InChI=1S/C12H14N2O3S/c13-10(16)4-1-6-14-12(17)11-9(3-2-7-15)5-8-18-11/h5,8,15H,1,4,6-7H2,(H2,13,16)(H,14,17). The van der Waals surface area contributed by atoms with Crippen LogP contribution in [0.15, 0.2) is 11.4 Å². The number of hydrogen-bond acceptors (Lipinski definition) is 4. The lowest BCUT2D eigenvalue weighted by Crippen LogP contribution is -2.25. The lowest BCUT2D eigenvalue weighted by Gasteiger charge is -2.02. The SMILES string of the molecule is NC(=O)CCCNC(=O)c1sccc1C#CCO. The molecule has 0 fully saturated rings. The Balaban J connectivity index is 2.51. The molecule has 0 aliphatic rings. The summed E-state index contributed by atoms with van der Waals surface area (Å²) in [5, 5.41) is 13.1. The molecule has 0 atom stereocenters. The van der Waals surface area contributed by atoms with E-state index in [0.29, 0.717) is 23.4 Å². The highest BCUT2D eigenvalue weighted by atomic mass is 32.1. The summed E-state index contributed by atoms with van der Waals surface area (Å²) in [6.45, 7) is 0.155. The number of carbonyl (C=O) groups excluding carboxylic acids is 2. The summed E-state index contributed by atoms with van der Waals surface area (Å²) in [6.07, 6.45) is 0.770. The molecule has 0 aliphatic carbocycles. The van der Waals surface area contributed by atoms with E-state index in [4.69, 9.17) is 10.8 Å². The third kappa shape index (κ3) is 4.57. The molecule has 1 aromatic rings. The lowest BCUT2D eigenvalue weighted by atomic mass is 10.2. The van der Waals surface area contributed by atoms with E-state index in [1.54, 1.807) is 11.4 Å². The van der Waals surface area contributed by atoms with Gasteiger partial charge in [0.1, 0.15) is 11.5 Å². The molecule has 0 aromatic carbocycles. The van der Waals surface area contributed by atoms with Crippen LogP contribution in [0.25, 0.3) is 0 Å². The number of aliphatic hydroxyl groups excluding tert-OH is 1. The molecule has 0 saturated carbocycles. The van der Waals surface area contributed by atoms with Crippen LogP contribution in [-0.2, 0) is 4.79 Å². The second-order valence-corrected chi connectivity index (χ2v) is 4.37. The van der Waals surface area contributed by atoms with Crippen molar-refractivity contribution in [3.63, 3.8) is 0 Å². The van der Waals surface area contributed by atoms with Gasteiger partial charge >= 0.3 is 0 Å². The van der Waals surface area contributed by atoms with Crippen LogP contribution in [0.1, 0.15) is 28.1 Å². The largest absolute Gasteiger partial charge is 0.384 e. The van der Waals surface area contributed by atoms with Gasteiger partial charge in [0.15, 0.2) is 0 Å². The molecular formula is C12H14N2O3S. The van der Waals surface area contributed by atoms with Gasteiger partial charge in [-0.3, -0.25) is 9.59 Å². The molecule has 1 aromatic heterocycles. The average Bonchev–Trinajstić information content (AvgIpc) is 2.79. The van der Waals surface area contributed by atoms with E-state index in [-0.39, 0.29) is 24.8 Å². The first kappa shape index (κ1) is 14.2. The molecule has 18 heavy (non-hydrogen) atoms. The first-order valence-corrected chi connectivity index (χ1v) is 6.27. The molecule has 2 amide bonds. The quantitative estimate of drug-likeness (QED) is 0.521. The molecular weight excluding hydrogens is 252 g/mol. The van der Waals surface area contributed by atoms with Gasteiger partial charge in [-0.1, -0.05) is 11.8 Å².